The summed E-state index contributed by atoms with van der Waals surface area (Å²) in [5.41, 5.74) is 4.58. The minimum absolute atomic E-state index is 0.125. The molecule has 1 aliphatic carbocycles. The Bertz CT molecular complexity index is 1060. The zero-order chi connectivity index (χ0) is 22.0. The predicted molar refractivity (Wildman–Crippen MR) is 126 cm³/mol. The summed E-state index contributed by atoms with van der Waals surface area (Å²) in [7, 11) is 3.72. The van der Waals surface area contributed by atoms with Crippen LogP contribution in [0.5, 0.6) is 5.75 Å². The molecule has 0 saturated heterocycles. The first-order valence-corrected chi connectivity index (χ1v) is 11.2. The molecule has 1 aromatic heterocycles. The smallest absolute Gasteiger partial charge is 0.140 e. The van der Waals surface area contributed by atoms with Gasteiger partial charge in [0, 0.05) is 49.2 Å². The first-order valence-electron chi connectivity index (χ1n) is 11.2. The summed E-state index contributed by atoms with van der Waals surface area (Å²) in [5.74, 6) is 3.39. The van der Waals surface area contributed by atoms with Gasteiger partial charge in [0.05, 0.1) is 19.2 Å². The number of aromatic nitrogens is 2. The van der Waals surface area contributed by atoms with Crippen LogP contribution in [0.2, 0.25) is 0 Å². The van der Waals surface area contributed by atoms with Gasteiger partial charge in [0.15, 0.2) is 0 Å². The highest BCUT2D eigenvalue weighted by Gasteiger charge is 2.30. The minimum Gasteiger partial charge on any atom is -0.496 e. The van der Waals surface area contributed by atoms with Crippen molar-refractivity contribution in [2.24, 2.45) is 0 Å². The van der Waals surface area contributed by atoms with Gasteiger partial charge >= 0.3 is 0 Å². The normalized spacial score (nSPS) is 14.8. The summed E-state index contributed by atoms with van der Waals surface area (Å²) in [6, 6.07) is 12.6. The van der Waals surface area contributed by atoms with Gasteiger partial charge in [-0.2, -0.15) is 0 Å². The fraction of sp³-hybridized carbons (Fsp3) is 0.440. The molecular weight excluding hydrogens is 388 g/mol. The van der Waals surface area contributed by atoms with Gasteiger partial charge in [0.1, 0.15) is 17.4 Å². The van der Waals surface area contributed by atoms with Crippen LogP contribution in [-0.4, -0.2) is 42.4 Å². The molecule has 0 spiro atoms. The first kappa shape index (κ1) is 21.4. The highest BCUT2D eigenvalue weighted by Crippen LogP contribution is 2.42. The zero-order valence-electron chi connectivity index (χ0n) is 18.9. The predicted octanol–water partition coefficient (Wildman–Crippen LogP) is 4.49. The number of ether oxygens (including phenoxy) is 1. The van der Waals surface area contributed by atoms with Gasteiger partial charge in [-0.3, -0.25) is 0 Å². The Balaban J connectivity index is 0.00000112. The number of aliphatic hydroxyl groups excluding tert-OH is 1. The van der Waals surface area contributed by atoms with E-state index in [0.29, 0.717) is 12.5 Å². The van der Waals surface area contributed by atoms with Crippen LogP contribution in [0, 0.1) is 0 Å². The van der Waals surface area contributed by atoms with E-state index in [2.05, 4.69) is 40.1 Å². The monoisotopic (exact) mass is 420 g/mol. The summed E-state index contributed by atoms with van der Waals surface area (Å²) >= 11 is 0. The number of anilines is 2. The topological polar surface area (TPSA) is 61.7 Å². The van der Waals surface area contributed by atoms with Crippen molar-refractivity contribution in [1.29, 1.82) is 0 Å². The Morgan fingerprint density at radius 2 is 1.94 bits per heavy atom. The number of fused-ring (bicyclic) bond motifs is 2. The second-order valence-electron chi connectivity index (χ2n) is 7.98. The maximum atomic E-state index is 9.31. The van der Waals surface area contributed by atoms with Gasteiger partial charge in [-0.15, -0.1) is 0 Å². The lowest BCUT2D eigenvalue weighted by Gasteiger charge is -2.22. The van der Waals surface area contributed by atoms with E-state index in [-0.39, 0.29) is 6.61 Å². The molecule has 0 bridgehead atoms. The number of benzene rings is 2. The highest BCUT2D eigenvalue weighted by molar-refractivity contribution is 5.92. The summed E-state index contributed by atoms with van der Waals surface area (Å²) in [6.45, 7) is 6.32. The number of nitrogens with zero attached hydrogens (tertiary/aromatic N) is 4. The summed E-state index contributed by atoms with van der Waals surface area (Å²) in [5, 5.41) is 10.4. The van der Waals surface area contributed by atoms with Crippen LogP contribution < -0.4 is 14.5 Å². The van der Waals surface area contributed by atoms with Crippen molar-refractivity contribution in [3.05, 3.63) is 53.3 Å². The van der Waals surface area contributed by atoms with E-state index in [9.17, 15) is 5.11 Å². The molecule has 6 nitrogen and oxygen atoms in total. The van der Waals surface area contributed by atoms with Crippen LogP contribution in [0.4, 0.5) is 11.5 Å². The van der Waals surface area contributed by atoms with Crippen molar-refractivity contribution in [3.8, 4) is 5.75 Å². The van der Waals surface area contributed by atoms with Gasteiger partial charge in [-0.1, -0.05) is 26.0 Å². The Labute approximate surface area is 184 Å². The molecule has 0 atom stereocenters. The van der Waals surface area contributed by atoms with E-state index >= 15 is 0 Å². The summed E-state index contributed by atoms with van der Waals surface area (Å²) in [4.78, 5) is 14.3. The average Bonchev–Trinajstić information content (AvgIpc) is 3.57. The van der Waals surface area contributed by atoms with Crippen LogP contribution in [0.3, 0.4) is 0 Å². The molecular formula is C25H32N4O2. The highest BCUT2D eigenvalue weighted by atomic mass is 16.5. The minimum atomic E-state index is 0.125. The molecule has 1 N–H and O–H groups in total. The summed E-state index contributed by atoms with van der Waals surface area (Å²) < 4.78 is 5.59. The van der Waals surface area contributed by atoms with Gasteiger partial charge in [-0.05, 0) is 42.7 Å². The fourth-order valence-corrected chi connectivity index (χ4v) is 4.13. The van der Waals surface area contributed by atoms with Gasteiger partial charge in [0.2, 0.25) is 0 Å². The molecule has 3 aromatic rings. The number of hydrogen-bond donors (Lipinski definition) is 1. The fourth-order valence-electron chi connectivity index (χ4n) is 4.13. The zero-order valence-corrected chi connectivity index (χ0v) is 18.9. The van der Waals surface area contributed by atoms with E-state index in [1.807, 2.05) is 27.0 Å². The second kappa shape index (κ2) is 9.10. The second-order valence-corrected chi connectivity index (χ2v) is 7.98. The third-order valence-corrected chi connectivity index (χ3v) is 5.95. The summed E-state index contributed by atoms with van der Waals surface area (Å²) in [6.07, 6.45) is 2.35. The number of hydrogen-bond acceptors (Lipinski definition) is 6. The first-order chi connectivity index (χ1) is 15.2. The molecule has 1 saturated carbocycles. The molecule has 1 aliphatic heterocycles. The Morgan fingerprint density at radius 3 is 2.65 bits per heavy atom. The van der Waals surface area contributed by atoms with Crippen molar-refractivity contribution >= 4 is 22.4 Å². The molecule has 31 heavy (non-hydrogen) atoms. The van der Waals surface area contributed by atoms with Crippen molar-refractivity contribution < 1.29 is 9.84 Å². The largest absolute Gasteiger partial charge is 0.496 e. The molecule has 1 fully saturated rings. The van der Waals surface area contributed by atoms with Gasteiger partial charge < -0.3 is 19.6 Å². The molecule has 6 heteroatoms. The quantitative estimate of drug-likeness (QED) is 0.634. The molecule has 0 amide bonds. The standard InChI is InChI=1S/C23H26N4O2.C2H6/c1-26(10-11-28)17-8-9-20-18(12-17)23(25-22(24-20)15-6-7-15)27-13-16-4-3-5-21(29-2)19(16)14-27;1-2/h3-5,8-9,12,15,28H,6-7,10-11,13-14H2,1-2H3;1-2H3. The Kier molecular flexibility index (Phi) is 6.28. The van der Waals surface area contributed by atoms with Gasteiger partial charge in [-0.25, -0.2) is 9.97 Å². The third-order valence-electron chi connectivity index (χ3n) is 5.95. The van der Waals surface area contributed by atoms with E-state index < -0.39 is 0 Å². The molecule has 2 aromatic carbocycles. The maximum absolute atomic E-state index is 9.31. The van der Waals surface area contributed by atoms with Crippen LogP contribution >= 0.6 is 0 Å². The molecule has 0 radical (unpaired) electrons. The van der Waals surface area contributed by atoms with E-state index in [0.717, 1.165) is 47.1 Å². The van der Waals surface area contributed by atoms with Crippen LogP contribution in [0.1, 0.15) is 49.6 Å². The van der Waals surface area contributed by atoms with Crippen molar-refractivity contribution in [3.63, 3.8) is 0 Å². The Morgan fingerprint density at radius 1 is 1.13 bits per heavy atom. The van der Waals surface area contributed by atoms with Crippen LogP contribution in [0.25, 0.3) is 10.9 Å². The van der Waals surface area contributed by atoms with Crippen molar-refractivity contribution in [1.82, 2.24) is 9.97 Å². The van der Waals surface area contributed by atoms with Crippen LogP contribution in [0.15, 0.2) is 36.4 Å². The van der Waals surface area contributed by atoms with E-state index in [4.69, 9.17) is 14.7 Å². The molecule has 164 valence electrons. The molecule has 2 aliphatic rings. The average molecular weight is 421 g/mol. The molecule has 2 heterocycles. The molecule has 0 unspecified atom stereocenters. The van der Waals surface area contributed by atoms with E-state index in [1.165, 1.54) is 24.0 Å². The number of methoxy groups -OCH3 is 1. The number of aliphatic hydroxyl groups is 1. The number of likely N-dealkylation sites (N-methyl/N-ethyl adjacent to an activating group) is 1. The van der Waals surface area contributed by atoms with Gasteiger partial charge in [0.25, 0.3) is 0 Å². The number of rotatable bonds is 6. The van der Waals surface area contributed by atoms with E-state index in [1.54, 1.807) is 7.11 Å². The third kappa shape index (κ3) is 4.17. The SMILES string of the molecule is CC.COc1cccc2c1CN(c1nc(C3CC3)nc3ccc(N(C)CCO)cc13)C2. The lowest BCUT2D eigenvalue weighted by molar-refractivity contribution is 0.304. The lowest BCUT2D eigenvalue weighted by Crippen LogP contribution is -2.21. The lowest BCUT2D eigenvalue weighted by atomic mass is 10.1. The Hall–Kier alpha value is -2.86. The van der Waals surface area contributed by atoms with Crippen molar-refractivity contribution in [2.45, 2.75) is 45.7 Å². The molecule has 5 rings (SSSR count). The maximum Gasteiger partial charge on any atom is 0.140 e. The van der Waals surface area contributed by atoms with Crippen LogP contribution in [-0.2, 0) is 13.1 Å². The van der Waals surface area contributed by atoms with Crippen molar-refractivity contribution in [2.75, 3.05) is 37.1 Å².